The van der Waals surface area contributed by atoms with Crippen molar-refractivity contribution in [1.82, 2.24) is 5.32 Å². The summed E-state index contributed by atoms with van der Waals surface area (Å²) in [5, 5.41) is 6.12. The van der Waals surface area contributed by atoms with Crippen LogP contribution >= 0.6 is 15.9 Å². The third-order valence-electron chi connectivity index (χ3n) is 2.80. The van der Waals surface area contributed by atoms with Crippen LogP contribution in [0.1, 0.15) is 12.8 Å². The van der Waals surface area contributed by atoms with E-state index in [1.165, 1.54) is 0 Å². The first-order valence-corrected chi connectivity index (χ1v) is 6.94. The van der Waals surface area contributed by atoms with Crippen LogP contribution in [0.3, 0.4) is 0 Å². The van der Waals surface area contributed by atoms with Crippen LogP contribution in [0.4, 0.5) is 5.69 Å². The van der Waals surface area contributed by atoms with E-state index in [0.29, 0.717) is 19.7 Å². The lowest BCUT2D eigenvalue weighted by atomic mass is 10.2. The zero-order chi connectivity index (χ0) is 12.8. The highest BCUT2D eigenvalue weighted by Gasteiger charge is 2.22. The SMILES string of the molecule is O=C(NCCNc1cccc(Br)c1)[C@@H]1CCCO1. The molecule has 0 radical (unpaired) electrons. The standard InChI is InChI=1S/C13H17BrN2O2/c14-10-3-1-4-11(9-10)15-6-7-16-13(17)12-5-2-8-18-12/h1,3-4,9,12,15H,2,5-8H2,(H,16,17)/t12-/m0/s1. The number of halogens is 1. The van der Waals surface area contributed by atoms with E-state index in [4.69, 9.17) is 4.74 Å². The molecule has 1 atom stereocenters. The van der Waals surface area contributed by atoms with Gasteiger partial charge in [0.2, 0.25) is 5.91 Å². The lowest BCUT2D eigenvalue weighted by molar-refractivity contribution is -0.129. The Bertz CT molecular complexity index is 406. The van der Waals surface area contributed by atoms with Gasteiger partial charge in [-0.25, -0.2) is 0 Å². The first-order chi connectivity index (χ1) is 8.75. The monoisotopic (exact) mass is 312 g/mol. The Morgan fingerprint density at radius 2 is 2.33 bits per heavy atom. The lowest BCUT2D eigenvalue weighted by Gasteiger charge is -2.11. The molecular weight excluding hydrogens is 296 g/mol. The Morgan fingerprint density at radius 1 is 1.44 bits per heavy atom. The summed E-state index contributed by atoms with van der Waals surface area (Å²) in [6, 6.07) is 7.94. The Hall–Kier alpha value is -1.07. The van der Waals surface area contributed by atoms with Gasteiger partial charge in [-0.05, 0) is 31.0 Å². The third-order valence-corrected chi connectivity index (χ3v) is 3.29. The van der Waals surface area contributed by atoms with Crippen LogP contribution in [0.5, 0.6) is 0 Å². The average molecular weight is 313 g/mol. The van der Waals surface area contributed by atoms with E-state index in [-0.39, 0.29) is 12.0 Å². The van der Waals surface area contributed by atoms with Crippen molar-refractivity contribution < 1.29 is 9.53 Å². The van der Waals surface area contributed by atoms with Gasteiger partial charge in [0.1, 0.15) is 6.10 Å². The highest BCUT2D eigenvalue weighted by atomic mass is 79.9. The van der Waals surface area contributed by atoms with Crippen molar-refractivity contribution in [2.24, 2.45) is 0 Å². The minimum atomic E-state index is -0.240. The fourth-order valence-corrected chi connectivity index (χ4v) is 2.29. The Kier molecular flexibility index (Phi) is 5.01. The number of benzene rings is 1. The van der Waals surface area contributed by atoms with Gasteiger partial charge in [-0.3, -0.25) is 4.79 Å². The third kappa shape index (κ3) is 3.99. The van der Waals surface area contributed by atoms with Gasteiger partial charge in [0, 0.05) is 29.9 Å². The first-order valence-electron chi connectivity index (χ1n) is 6.14. The molecule has 1 heterocycles. The van der Waals surface area contributed by atoms with E-state index in [0.717, 1.165) is 23.0 Å². The molecule has 0 aliphatic carbocycles. The predicted octanol–water partition coefficient (Wildman–Crippen LogP) is 2.16. The van der Waals surface area contributed by atoms with Crippen LogP contribution in [0.2, 0.25) is 0 Å². The van der Waals surface area contributed by atoms with Crippen molar-refractivity contribution in [2.45, 2.75) is 18.9 Å². The van der Waals surface area contributed by atoms with Crippen LogP contribution in [0.25, 0.3) is 0 Å². The number of carbonyl (C=O) groups is 1. The molecule has 0 spiro atoms. The molecule has 1 aromatic carbocycles. The normalized spacial score (nSPS) is 18.6. The molecule has 1 saturated heterocycles. The van der Waals surface area contributed by atoms with E-state index in [2.05, 4.69) is 26.6 Å². The molecule has 2 rings (SSSR count). The summed E-state index contributed by atoms with van der Waals surface area (Å²) >= 11 is 3.41. The minimum Gasteiger partial charge on any atom is -0.383 e. The summed E-state index contributed by atoms with van der Waals surface area (Å²) in [6.45, 7) is 2.01. The molecule has 5 heteroatoms. The van der Waals surface area contributed by atoms with Crippen molar-refractivity contribution in [3.05, 3.63) is 28.7 Å². The number of amides is 1. The van der Waals surface area contributed by atoms with Crippen LogP contribution in [-0.4, -0.2) is 31.7 Å². The van der Waals surface area contributed by atoms with Crippen LogP contribution in [-0.2, 0) is 9.53 Å². The van der Waals surface area contributed by atoms with Crippen molar-refractivity contribution in [3.63, 3.8) is 0 Å². The van der Waals surface area contributed by atoms with Crippen LogP contribution in [0.15, 0.2) is 28.7 Å². The molecule has 98 valence electrons. The molecule has 1 amide bonds. The van der Waals surface area contributed by atoms with Gasteiger partial charge in [0.05, 0.1) is 0 Å². The van der Waals surface area contributed by atoms with E-state index < -0.39 is 0 Å². The Labute approximate surface area is 115 Å². The van der Waals surface area contributed by atoms with Gasteiger partial charge in [-0.15, -0.1) is 0 Å². The summed E-state index contributed by atoms with van der Waals surface area (Å²) in [5.41, 5.74) is 1.04. The van der Waals surface area contributed by atoms with Crippen LogP contribution < -0.4 is 10.6 Å². The lowest BCUT2D eigenvalue weighted by Crippen LogP contribution is -2.36. The average Bonchev–Trinajstić information content (AvgIpc) is 2.88. The fourth-order valence-electron chi connectivity index (χ4n) is 1.89. The number of hydrogen-bond acceptors (Lipinski definition) is 3. The molecule has 1 aliphatic rings. The van der Waals surface area contributed by atoms with Gasteiger partial charge in [0.25, 0.3) is 0 Å². The molecule has 18 heavy (non-hydrogen) atoms. The maximum absolute atomic E-state index is 11.6. The summed E-state index contributed by atoms with van der Waals surface area (Å²) in [7, 11) is 0. The number of ether oxygens (including phenoxy) is 1. The van der Waals surface area contributed by atoms with Crippen LogP contribution in [0, 0.1) is 0 Å². The highest BCUT2D eigenvalue weighted by molar-refractivity contribution is 9.10. The second-order valence-electron chi connectivity index (χ2n) is 4.23. The van der Waals surface area contributed by atoms with Gasteiger partial charge in [-0.2, -0.15) is 0 Å². The maximum Gasteiger partial charge on any atom is 0.249 e. The Morgan fingerprint density at radius 3 is 3.06 bits per heavy atom. The number of anilines is 1. The molecule has 0 bridgehead atoms. The molecule has 1 aliphatic heterocycles. The van der Waals surface area contributed by atoms with Crippen molar-refractivity contribution >= 4 is 27.5 Å². The van der Waals surface area contributed by atoms with E-state index >= 15 is 0 Å². The molecule has 1 aromatic rings. The zero-order valence-corrected chi connectivity index (χ0v) is 11.7. The smallest absolute Gasteiger partial charge is 0.249 e. The maximum atomic E-state index is 11.6. The number of hydrogen-bond donors (Lipinski definition) is 2. The molecule has 1 fully saturated rings. The molecule has 0 unspecified atom stereocenters. The zero-order valence-electron chi connectivity index (χ0n) is 10.1. The van der Waals surface area contributed by atoms with E-state index in [1.807, 2.05) is 24.3 Å². The second kappa shape index (κ2) is 6.75. The highest BCUT2D eigenvalue weighted by Crippen LogP contribution is 2.15. The molecule has 0 saturated carbocycles. The minimum absolute atomic E-state index is 0.00328. The van der Waals surface area contributed by atoms with Gasteiger partial charge in [0.15, 0.2) is 0 Å². The topological polar surface area (TPSA) is 50.4 Å². The molecule has 0 aromatic heterocycles. The predicted molar refractivity (Wildman–Crippen MR) is 74.6 cm³/mol. The Balaban J connectivity index is 1.65. The number of nitrogens with one attached hydrogen (secondary N) is 2. The summed E-state index contributed by atoms with van der Waals surface area (Å²) in [4.78, 5) is 11.6. The molecular formula is C13H17BrN2O2. The first kappa shape index (κ1) is 13.4. The van der Waals surface area contributed by atoms with Crippen molar-refractivity contribution in [2.75, 3.05) is 25.0 Å². The van der Waals surface area contributed by atoms with Gasteiger partial charge >= 0.3 is 0 Å². The summed E-state index contributed by atoms with van der Waals surface area (Å²) < 4.78 is 6.35. The summed E-state index contributed by atoms with van der Waals surface area (Å²) in [5.74, 6) is 0.00328. The van der Waals surface area contributed by atoms with Gasteiger partial charge in [-0.1, -0.05) is 22.0 Å². The van der Waals surface area contributed by atoms with Crippen molar-refractivity contribution in [3.8, 4) is 0 Å². The number of carbonyl (C=O) groups excluding carboxylic acids is 1. The largest absolute Gasteiger partial charge is 0.383 e. The molecule has 2 N–H and O–H groups in total. The fraction of sp³-hybridized carbons (Fsp3) is 0.462. The quantitative estimate of drug-likeness (QED) is 0.819. The molecule has 4 nitrogen and oxygen atoms in total. The second-order valence-corrected chi connectivity index (χ2v) is 5.15. The van der Waals surface area contributed by atoms with E-state index in [1.54, 1.807) is 0 Å². The van der Waals surface area contributed by atoms with Gasteiger partial charge < -0.3 is 15.4 Å². The van der Waals surface area contributed by atoms with E-state index in [9.17, 15) is 4.79 Å². The number of rotatable bonds is 5. The van der Waals surface area contributed by atoms with Crippen molar-refractivity contribution in [1.29, 1.82) is 0 Å². The summed E-state index contributed by atoms with van der Waals surface area (Å²) in [6.07, 6.45) is 1.58.